The third-order valence-electron chi connectivity index (χ3n) is 4.52. The number of benzene rings is 2. The molecule has 0 aliphatic heterocycles. The molecule has 1 atom stereocenters. The number of carbonyl (C=O) groups is 2. The summed E-state index contributed by atoms with van der Waals surface area (Å²) in [5, 5.41) is 2.95. The minimum Gasteiger partial charge on any atom is -0.345 e. The van der Waals surface area contributed by atoms with E-state index in [0.29, 0.717) is 17.7 Å². The van der Waals surface area contributed by atoms with Gasteiger partial charge in [-0.15, -0.1) is 0 Å². The van der Waals surface area contributed by atoms with Crippen LogP contribution in [-0.2, 0) is 0 Å². The molecule has 0 aliphatic rings. The van der Waals surface area contributed by atoms with Crippen molar-refractivity contribution < 1.29 is 9.59 Å². The Hall–Kier alpha value is -3.47. The normalized spacial score (nSPS) is 11.5. The first-order valence-corrected chi connectivity index (χ1v) is 9.28. The Kier molecular flexibility index (Phi) is 6.17. The maximum atomic E-state index is 12.9. The Labute approximate surface area is 165 Å². The number of pyridine rings is 1. The Morgan fingerprint density at radius 2 is 1.57 bits per heavy atom. The first-order valence-electron chi connectivity index (χ1n) is 9.28. The fraction of sp³-hybridized carbons (Fsp3) is 0.174. The van der Waals surface area contributed by atoms with Gasteiger partial charge in [-0.25, -0.2) is 0 Å². The summed E-state index contributed by atoms with van der Waals surface area (Å²) in [4.78, 5) is 31.4. The van der Waals surface area contributed by atoms with Gasteiger partial charge in [-0.3, -0.25) is 14.6 Å². The minimum absolute atomic E-state index is 0.149. The van der Waals surface area contributed by atoms with Crippen LogP contribution in [0.1, 0.15) is 46.2 Å². The molecule has 1 heterocycles. The number of hydrogen-bond acceptors (Lipinski definition) is 3. The van der Waals surface area contributed by atoms with Crippen LogP contribution in [0, 0.1) is 0 Å². The fourth-order valence-corrected chi connectivity index (χ4v) is 2.99. The zero-order valence-electron chi connectivity index (χ0n) is 16.0. The molecular weight excluding hydrogens is 350 g/mol. The lowest BCUT2D eigenvalue weighted by molar-refractivity contribution is 0.0939. The standard InChI is InChI=1S/C23H23N3O2/c1-3-26(21-12-8-5-9-13-21)23(28)20-14-19(15-24-16-20)22(27)25-17(2)18-10-6-4-7-11-18/h4-17H,3H2,1-2H3,(H,25,27). The van der Waals surface area contributed by atoms with Gasteiger partial charge < -0.3 is 10.2 Å². The Morgan fingerprint density at radius 1 is 0.964 bits per heavy atom. The number of hydrogen-bond donors (Lipinski definition) is 1. The van der Waals surface area contributed by atoms with Crippen molar-refractivity contribution in [1.82, 2.24) is 10.3 Å². The molecule has 142 valence electrons. The molecule has 0 saturated heterocycles. The van der Waals surface area contributed by atoms with Crippen molar-refractivity contribution in [2.24, 2.45) is 0 Å². The van der Waals surface area contributed by atoms with Crippen LogP contribution in [0.3, 0.4) is 0 Å². The highest BCUT2D eigenvalue weighted by Crippen LogP contribution is 2.17. The molecule has 0 fully saturated rings. The van der Waals surface area contributed by atoms with Gasteiger partial charge in [-0.1, -0.05) is 48.5 Å². The molecule has 1 unspecified atom stereocenters. The highest BCUT2D eigenvalue weighted by Gasteiger charge is 2.19. The Morgan fingerprint density at radius 3 is 2.21 bits per heavy atom. The number of nitrogens with one attached hydrogen (secondary N) is 1. The van der Waals surface area contributed by atoms with Crippen LogP contribution in [0.25, 0.3) is 0 Å². The van der Waals surface area contributed by atoms with E-state index in [1.807, 2.05) is 74.5 Å². The number of rotatable bonds is 6. The third-order valence-corrected chi connectivity index (χ3v) is 4.52. The SMILES string of the molecule is CCN(C(=O)c1cncc(C(=O)NC(C)c2ccccc2)c1)c1ccccc1. The van der Waals surface area contributed by atoms with Crippen LogP contribution in [-0.4, -0.2) is 23.3 Å². The van der Waals surface area contributed by atoms with E-state index < -0.39 is 0 Å². The van der Waals surface area contributed by atoms with Gasteiger partial charge >= 0.3 is 0 Å². The molecule has 0 bridgehead atoms. The molecule has 0 aliphatic carbocycles. The maximum absolute atomic E-state index is 12.9. The molecule has 5 heteroatoms. The van der Waals surface area contributed by atoms with Gasteiger partial charge in [-0.2, -0.15) is 0 Å². The van der Waals surface area contributed by atoms with Gasteiger partial charge in [0, 0.05) is 24.6 Å². The summed E-state index contributed by atoms with van der Waals surface area (Å²) < 4.78 is 0. The second-order valence-corrected chi connectivity index (χ2v) is 6.45. The smallest absolute Gasteiger partial charge is 0.259 e. The van der Waals surface area contributed by atoms with Gasteiger partial charge in [0.05, 0.1) is 17.2 Å². The number of amides is 2. The van der Waals surface area contributed by atoms with E-state index in [9.17, 15) is 9.59 Å². The van der Waals surface area contributed by atoms with Crippen molar-refractivity contribution in [3.63, 3.8) is 0 Å². The van der Waals surface area contributed by atoms with E-state index in [4.69, 9.17) is 0 Å². The summed E-state index contributed by atoms with van der Waals surface area (Å²) in [6, 6.07) is 20.6. The van der Waals surface area contributed by atoms with Crippen molar-refractivity contribution in [1.29, 1.82) is 0 Å². The van der Waals surface area contributed by atoms with E-state index >= 15 is 0 Å². The summed E-state index contributed by atoms with van der Waals surface area (Å²) in [7, 11) is 0. The van der Waals surface area contributed by atoms with Crippen LogP contribution in [0.2, 0.25) is 0 Å². The number of para-hydroxylation sites is 1. The van der Waals surface area contributed by atoms with E-state index in [1.165, 1.54) is 12.4 Å². The molecule has 28 heavy (non-hydrogen) atoms. The predicted octanol–water partition coefficient (Wildman–Crippen LogP) is 4.24. The van der Waals surface area contributed by atoms with Crippen molar-refractivity contribution >= 4 is 17.5 Å². The Bertz CT molecular complexity index is 942. The summed E-state index contributed by atoms with van der Waals surface area (Å²) >= 11 is 0. The summed E-state index contributed by atoms with van der Waals surface area (Å²) in [6.45, 7) is 4.35. The van der Waals surface area contributed by atoms with Crippen LogP contribution in [0.4, 0.5) is 5.69 Å². The molecule has 1 N–H and O–H groups in total. The molecule has 3 aromatic rings. The molecule has 0 saturated carbocycles. The van der Waals surface area contributed by atoms with Crippen molar-refractivity contribution in [2.75, 3.05) is 11.4 Å². The van der Waals surface area contributed by atoms with Crippen LogP contribution in [0.15, 0.2) is 79.1 Å². The maximum Gasteiger partial charge on any atom is 0.259 e. The Balaban J connectivity index is 1.77. The topological polar surface area (TPSA) is 62.3 Å². The van der Waals surface area contributed by atoms with Gasteiger partial charge in [0.2, 0.25) is 0 Å². The highest BCUT2D eigenvalue weighted by atomic mass is 16.2. The van der Waals surface area contributed by atoms with Crippen LogP contribution in [0.5, 0.6) is 0 Å². The highest BCUT2D eigenvalue weighted by molar-refractivity contribution is 6.07. The second kappa shape index (κ2) is 8.95. The van der Waals surface area contributed by atoms with E-state index in [0.717, 1.165) is 11.3 Å². The predicted molar refractivity (Wildman–Crippen MR) is 110 cm³/mol. The lowest BCUT2D eigenvalue weighted by Gasteiger charge is -2.21. The van der Waals surface area contributed by atoms with Crippen LogP contribution >= 0.6 is 0 Å². The molecule has 0 spiro atoms. The number of nitrogens with zero attached hydrogens (tertiary/aromatic N) is 2. The number of anilines is 1. The molecule has 5 nitrogen and oxygen atoms in total. The largest absolute Gasteiger partial charge is 0.345 e. The zero-order valence-corrected chi connectivity index (χ0v) is 16.0. The fourth-order valence-electron chi connectivity index (χ4n) is 2.99. The van der Waals surface area contributed by atoms with Crippen molar-refractivity contribution in [3.8, 4) is 0 Å². The number of aromatic nitrogens is 1. The lowest BCUT2D eigenvalue weighted by Crippen LogP contribution is -2.31. The van der Waals surface area contributed by atoms with Crippen molar-refractivity contribution in [3.05, 3.63) is 95.8 Å². The quantitative estimate of drug-likeness (QED) is 0.703. The van der Waals surface area contributed by atoms with E-state index in [-0.39, 0.29) is 17.9 Å². The summed E-state index contributed by atoms with van der Waals surface area (Å²) in [6.07, 6.45) is 2.97. The molecule has 2 amide bonds. The minimum atomic E-state index is -0.263. The summed E-state index contributed by atoms with van der Waals surface area (Å²) in [5.74, 6) is -0.451. The first-order chi connectivity index (χ1) is 13.6. The van der Waals surface area contributed by atoms with Crippen LogP contribution < -0.4 is 10.2 Å². The molecule has 1 aromatic heterocycles. The molecular formula is C23H23N3O2. The van der Waals surface area contributed by atoms with E-state index in [1.54, 1.807) is 11.0 Å². The lowest BCUT2D eigenvalue weighted by atomic mass is 10.1. The second-order valence-electron chi connectivity index (χ2n) is 6.45. The van der Waals surface area contributed by atoms with E-state index in [2.05, 4.69) is 10.3 Å². The monoisotopic (exact) mass is 373 g/mol. The molecule has 0 radical (unpaired) electrons. The summed E-state index contributed by atoms with van der Waals surface area (Å²) in [5.41, 5.74) is 2.56. The van der Waals surface area contributed by atoms with Gasteiger partial charge in [0.1, 0.15) is 0 Å². The van der Waals surface area contributed by atoms with Gasteiger partial charge in [-0.05, 0) is 37.6 Å². The van der Waals surface area contributed by atoms with Gasteiger partial charge in [0.15, 0.2) is 0 Å². The molecule has 3 rings (SSSR count). The van der Waals surface area contributed by atoms with Crippen molar-refractivity contribution in [2.45, 2.75) is 19.9 Å². The van der Waals surface area contributed by atoms with Gasteiger partial charge in [0.25, 0.3) is 11.8 Å². The average molecular weight is 373 g/mol. The molecule has 2 aromatic carbocycles. The third kappa shape index (κ3) is 4.43. The average Bonchev–Trinajstić information content (AvgIpc) is 2.75. The first kappa shape index (κ1) is 19.3. The zero-order chi connectivity index (χ0) is 19.9. The number of carbonyl (C=O) groups excluding carboxylic acids is 2.